The Labute approximate surface area is 377 Å². The predicted molar refractivity (Wildman–Crippen MR) is 251 cm³/mol. The number of benzene rings is 1. The summed E-state index contributed by atoms with van der Waals surface area (Å²) >= 11 is 0. The molecule has 0 spiro atoms. The van der Waals surface area contributed by atoms with Gasteiger partial charge in [-0.3, -0.25) is 4.79 Å². The van der Waals surface area contributed by atoms with Crippen molar-refractivity contribution in [3.8, 4) is 17.2 Å². The number of unbranched alkanes of at least 4 members (excludes halogenated alkanes) is 27. The van der Waals surface area contributed by atoms with Crippen LogP contribution in [0.3, 0.4) is 0 Å². The van der Waals surface area contributed by atoms with Gasteiger partial charge < -0.3 is 49.4 Å². The molecule has 11 nitrogen and oxygen atoms in total. The van der Waals surface area contributed by atoms with Gasteiger partial charge in [0.05, 0.1) is 33.0 Å². The molecule has 1 aliphatic heterocycles. The van der Waals surface area contributed by atoms with Crippen LogP contribution in [0.25, 0.3) is 0 Å². The van der Waals surface area contributed by atoms with Crippen LogP contribution in [0.2, 0.25) is 0 Å². The topological polar surface area (TPSA) is 156 Å². The molecule has 1 saturated heterocycles. The first-order chi connectivity index (χ1) is 30.4. The number of hydrogen-bond acceptors (Lipinski definition) is 10. The summed E-state index contributed by atoms with van der Waals surface area (Å²) in [6.45, 7) is 7.82. The van der Waals surface area contributed by atoms with Crippen LogP contribution >= 0.6 is 0 Å². The molecule has 1 fully saturated rings. The van der Waals surface area contributed by atoms with Gasteiger partial charge in [-0.25, -0.2) is 0 Å². The van der Waals surface area contributed by atoms with Gasteiger partial charge in [0, 0.05) is 12.1 Å². The van der Waals surface area contributed by atoms with Crippen molar-refractivity contribution in [1.82, 2.24) is 5.32 Å². The second kappa shape index (κ2) is 38.2. The maximum absolute atomic E-state index is 13.6. The minimum Gasteiger partial charge on any atom is -0.490 e. The fraction of sp³-hybridized carbons (Fsp3) is 0.863. The molecule has 362 valence electrons. The Morgan fingerprint density at radius 3 is 1.27 bits per heavy atom. The van der Waals surface area contributed by atoms with E-state index < -0.39 is 37.3 Å². The van der Waals surface area contributed by atoms with Crippen LogP contribution in [0.1, 0.15) is 224 Å². The minimum absolute atomic E-state index is 0.0430. The van der Waals surface area contributed by atoms with Gasteiger partial charge >= 0.3 is 0 Å². The largest absolute Gasteiger partial charge is 0.490 e. The Morgan fingerprint density at radius 2 is 0.887 bits per heavy atom. The third-order valence-corrected chi connectivity index (χ3v) is 12.1. The van der Waals surface area contributed by atoms with Crippen molar-refractivity contribution < 1.29 is 48.9 Å². The van der Waals surface area contributed by atoms with E-state index >= 15 is 0 Å². The third-order valence-electron chi connectivity index (χ3n) is 12.1. The van der Waals surface area contributed by atoms with E-state index in [4.69, 9.17) is 23.7 Å². The summed E-state index contributed by atoms with van der Waals surface area (Å²) in [4.78, 5) is 13.6. The summed E-state index contributed by atoms with van der Waals surface area (Å²) < 4.78 is 30.4. The molecule has 62 heavy (non-hydrogen) atoms. The lowest BCUT2D eigenvalue weighted by Gasteiger charge is -2.39. The maximum Gasteiger partial charge on any atom is 0.251 e. The Bertz CT molecular complexity index is 1150. The molecule has 1 amide bonds. The number of nitrogens with one attached hydrogen (secondary N) is 1. The van der Waals surface area contributed by atoms with Crippen LogP contribution in [0, 0.1) is 0 Å². The molecule has 0 unspecified atom stereocenters. The highest BCUT2D eigenvalue weighted by Gasteiger charge is 2.44. The quantitative estimate of drug-likeness (QED) is 0.0401. The molecule has 1 aromatic carbocycles. The van der Waals surface area contributed by atoms with Crippen LogP contribution in [0.5, 0.6) is 17.2 Å². The number of carbonyl (C=O) groups excluding carboxylic acids is 1. The molecule has 5 atom stereocenters. The van der Waals surface area contributed by atoms with Crippen LogP contribution in [-0.4, -0.2) is 96.6 Å². The minimum atomic E-state index is -1.54. The normalized spacial score (nSPS) is 18.9. The van der Waals surface area contributed by atoms with Gasteiger partial charge in [0.1, 0.15) is 24.4 Å². The van der Waals surface area contributed by atoms with Crippen molar-refractivity contribution >= 4 is 5.91 Å². The van der Waals surface area contributed by atoms with Crippen molar-refractivity contribution in [1.29, 1.82) is 0 Å². The number of hydrogen-bond donors (Lipinski definition) is 5. The molecule has 1 aromatic rings. The Hall–Kier alpha value is -2.15. The van der Waals surface area contributed by atoms with Crippen LogP contribution in [0.15, 0.2) is 12.1 Å². The van der Waals surface area contributed by atoms with Gasteiger partial charge in [-0.2, -0.15) is 0 Å². The van der Waals surface area contributed by atoms with E-state index in [2.05, 4.69) is 26.1 Å². The monoisotopic (exact) mass is 880 g/mol. The van der Waals surface area contributed by atoms with Crippen LogP contribution in [0.4, 0.5) is 0 Å². The second-order valence-corrected chi connectivity index (χ2v) is 17.7. The van der Waals surface area contributed by atoms with E-state index in [1.54, 1.807) is 12.1 Å². The summed E-state index contributed by atoms with van der Waals surface area (Å²) in [6.07, 6.45) is 30.1. The summed E-state index contributed by atoms with van der Waals surface area (Å²) in [5.41, 5.74) is 0.375. The lowest BCUT2D eigenvalue weighted by molar-refractivity contribution is -0.300. The molecule has 2 rings (SSSR count). The van der Waals surface area contributed by atoms with Gasteiger partial charge in [0.15, 0.2) is 17.8 Å². The molecular formula is C51H93NO10. The lowest BCUT2D eigenvalue weighted by Crippen LogP contribution is -2.59. The number of aliphatic hydroxyl groups excluding tert-OH is 4. The molecule has 0 bridgehead atoms. The van der Waals surface area contributed by atoms with Gasteiger partial charge in [-0.1, -0.05) is 194 Å². The highest BCUT2D eigenvalue weighted by Crippen LogP contribution is 2.40. The maximum atomic E-state index is 13.6. The van der Waals surface area contributed by atoms with E-state index in [-0.39, 0.29) is 19.1 Å². The fourth-order valence-electron chi connectivity index (χ4n) is 8.02. The SMILES string of the molecule is CCCCCCCCCCCCOc1cc(C(=O)NCCO[C@@H]2O[C@H](CO)[C@H](O)[C@H](O)[C@H]2O)cc(OCCCCCCCCCCCC)c1OCCCCCCCCCCCC. The Morgan fingerprint density at radius 1 is 0.516 bits per heavy atom. The number of amides is 1. The highest BCUT2D eigenvalue weighted by molar-refractivity contribution is 5.95. The molecule has 11 heteroatoms. The van der Waals surface area contributed by atoms with Gasteiger partial charge in [-0.15, -0.1) is 0 Å². The van der Waals surface area contributed by atoms with Crippen LogP contribution in [-0.2, 0) is 9.47 Å². The average molecular weight is 880 g/mol. The smallest absolute Gasteiger partial charge is 0.251 e. The summed E-state index contributed by atoms with van der Waals surface area (Å²) in [6, 6.07) is 3.48. The van der Waals surface area contributed by atoms with Crippen molar-refractivity contribution in [3.05, 3.63) is 17.7 Å². The van der Waals surface area contributed by atoms with Crippen LogP contribution < -0.4 is 19.5 Å². The average Bonchev–Trinajstić information content (AvgIpc) is 3.28. The Balaban J connectivity index is 2.08. The van der Waals surface area contributed by atoms with Gasteiger partial charge in [-0.05, 0) is 31.4 Å². The Kier molecular flexibility index (Phi) is 34.4. The number of ether oxygens (including phenoxy) is 5. The predicted octanol–water partition coefficient (Wildman–Crippen LogP) is 11.1. The first-order valence-corrected chi connectivity index (χ1v) is 25.6. The molecule has 1 aliphatic rings. The first-order valence-electron chi connectivity index (χ1n) is 25.6. The van der Waals surface area contributed by atoms with E-state index in [9.17, 15) is 25.2 Å². The lowest BCUT2D eigenvalue weighted by atomic mass is 9.99. The summed E-state index contributed by atoms with van der Waals surface area (Å²) in [7, 11) is 0. The number of rotatable bonds is 42. The van der Waals surface area contributed by atoms with Crippen molar-refractivity contribution in [2.24, 2.45) is 0 Å². The molecule has 0 saturated carbocycles. The summed E-state index contributed by atoms with van der Waals surface area (Å²) in [5, 5.41) is 42.9. The zero-order chi connectivity index (χ0) is 44.9. The zero-order valence-electron chi connectivity index (χ0n) is 39.7. The van der Waals surface area contributed by atoms with Gasteiger partial charge in [0.25, 0.3) is 5.91 Å². The number of aliphatic hydroxyl groups is 4. The fourth-order valence-corrected chi connectivity index (χ4v) is 8.02. The van der Waals surface area contributed by atoms with E-state index in [1.165, 1.54) is 154 Å². The molecule has 1 heterocycles. The molecule has 5 N–H and O–H groups in total. The third kappa shape index (κ3) is 25.4. The zero-order valence-corrected chi connectivity index (χ0v) is 39.7. The first kappa shape index (κ1) is 56.0. The highest BCUT2D eigenvalue weighted by atomic mass is 16.7. The summed E-state index contributed by atoms with van der Waals surface area (Å²) in [5.74, 6) is 1.23. The molecular weight excluding hydrogens is 787 g/mol. The molecule has 0 aliphatic carbocycles. The second-order valence-electron chi connectivity index (χ2n) is 17.7. The van der Waals surface area contributed by atoms with E-state index in [1.807, 2.05) is 0 Å². The van der Waals surface area contributed by atoms with Gasteiger partial charge in [0.2, 0.25) is 5.75 Å². The van der Waals surface area contributed by atoms with E-state index in [0.717, 1.165) is 38.5 Å². The molecule has 0 radical (unpaired) electrons. The standard InChI is InChI=1S/C51H93NO10/c1-4-7-10-13-16-19-22-25-28-31-35-58-43-39-42(50(57)52-34-38-61-51-48(56)47(55)46(54)45(41-53)62-51)40-44(59-36-32-29-26-23-20-17-14-11-8-5-2)49(43)60-37-33-30-27-24-21-18-15-12-9-6-3/h39-40,45-48,51,53-56H,4-38,41H2,1-3H3,(H,52,57)/t45-,46+,47+,48-,51-/m1/s1. The van der Waals surface area contributed by atoms with Crippen molar-refractivity contribution in [2.75, 3.05) is 39.6 Å². The van der Waals surface area contributed by atoms with E-state index in [0.29, 0.717) is 42.6 Å². The van der Waals surface area contributed by atoms with Crippen molar-refractivity contribution in [2.45, 2.75) is 244 Å². The molecule has 0 aromatic heterocycles. The van der Waals surface area contributed by atoms with Crippen molar-refractivity contribution in [3.63, 3.8) is 0 Å². The number of carbonyl (C=O) groups is 1.